The molecule has 1 saturated carbocycles. The first-order chi connectivity index (χ1) is 14.8. The fraction of sp³-hybridized carbons (Fsp3) is 0.565. The van der Waals surface area contributed by atoms with E-state index in [0.717, 1.165) is 54.3 Å². The van der Waals surface area contributed by atoms with E-state index in [0.29, 0.717) is 5.13 Å². The van der Waals surface area contributed by atoms with Crippen LogP contribution in [0.3, 0.4) is 0 Å². The number of quaternary nitrogens is 1. The average molecular weight is 427 g/mol. The first kappa shape index (κ1) is 21.1. The molecule has 0 radical (unpaired) electrons. The van der Waals surface area contributed by atoms with E-state index in [9.17, 15) is 4.79 Å². The van der Waals surface area contributed by atoms with Gasteiger partial charge in [-0.2, -0.15) is 10.1 Å². The fourth-order valence-electron chi connectivity index (χ4n) is 4.30. The zero-order valence-corrected chi connectivity index (χ0v) is 18.6. The number of hydrogen-bond donors (Lipinski definition) is 1. The third-order valence-corrected chi connectivity index (χ3v) is 6.94. The Morgan fingerprint density at radius 3 is 2.90 bits per heavy atom. The molecule has 1 aromatic heterocycles. The number of hydrazone groups is 1. The summed E-state index contributed by atoms with van der Waals surface area (Å²) in [4.78, 5) is 22.3. The van der Waals surface area contributed by atoms with E-state index in [1.54, 1.807) is 0 Å². The Morgan fingerprint density at radius 1 is 1.27 bits per heavy atom. The van der Waals surface area contributed by atoms with E-state index in [2.05, 4.69) is 27.3 Å². The van der Waals surface area contributed by atoms with Crippen LogP contribution in [0.5, 0.6) is 0 Å². The predicted molar refractivity (Wildman–Crippen MR) is 125 cm³/mol. The number of nitrogens with two attached hydrogens (primary N) is 1. The molecule has 4 rings (SSSR count). The molecular formula is C23H32N5OS+. The van der Waals surface area contributed by atoms with Crippen molar-refractivity contribution in [2.45, 2.75) is 64.3 Å². The van der Waals surface area contributed by atoms with Crippen molar-refractivity contribution in [3.05, 3.63) is 24.3 Å². The minimum atomic E-state index is -0.348. The van der Waals surface area contributed by atoms with Crippen LogP contribution >= 0.6 is 11.3 Å². The quantitative estimate of drug-likeness (QED) is 0.489. The van der Waals surface area contributed by atoms with Gasteiger partial charge in [0.05, 0.1) is 28.5 Å². The highest BCUT2D eigenvalue weighted by Gasteiger charge is 2.36. The van der Waals surface area contributed by atoms with Gasteiger partial charge in [0.2, 0.25) is 5.13 Å². The number of anilines is 1. The number of aromatic nitrogens is 1. The van der Waals surface area contributed by atoms with Gasteiger partial charge < -0.3 is 5.32 Å². The Bertz CT molecular complexity index is 882. The Hall–Kier alpha value is -2.12. The number of aliphatic imine (C=N–C) groups is 1. The standard InChI is InChI=1S/C23H31N5OS/c1-2-9-19-18(16-24-14-8-15-25-17-10-4-3-5-11-17)22(29)28(27-19)23-26-20-12-6-7-13-21(20)30-23/h6-7,12-13,16-18,25H,2-5,8-11,14-15H2,1H3/p+1/t18-/m1/s1. The minimum Gasteiger partial charge on any atom is -0.344 e. The second kappa shape index (κ2) is 10.3. The van der Waals surface area contributed by atoms with Crippen molar-refractivity contribution in [1.82, 2.24) is 4.98 Å². The molecule has 1 atom stereocenters. The van der Waals surface area contributed by atoms with Gasteiger partial charge in [0.1, 0.15) is 5.92 Å². The molecular weight excluding hydrogens is 394 g/mol. The van der Waals surface area contributed by atoms with Gasteiger partial charge in [-0.25, -0.2) is 4.98 Å². The number of para-hydroxylation sites is 1. The summed E-state index contributed by atoms with van der Waals surface area (Å²) < 4.78 is 1.07. The molecule has 1 aliphatic heterocycles. The van der Waals surface area contributed by atoms with Gasteiger partial charge >= 0.3 is 0 Å². The highest BCUT2D eigenvalue weighted by molar-refractivity contribution is 7.22. The number of amides is 1. The number of fused-ring (bicyclic) bond motifs is 1. The summed E-state index contributed by atoms with van der Waals surface area (Å²) >= 11 is 1.51. The van der Waals surface area contributed by atoms with Crippen molar-refractivity contribution in [3.63, 3.8) is 0 Å². The third-order valence-electron chi connectivity index (χ3n) is 5.93. The largest absolute Gasteiger partial charge is 0.344 e. The molecule has 0 spiro atoms. The first-order valence-corrected chi connectivity index (χ1v) is 12.2. The van der Waals surface area contributed by atoms with Crippen LogP contribution in [-0.2, 0) is 4.79 Å². The summed E-state index contributed by atoms with van der Waals surface area (Å²) in [6, 6.07) is 8.75. The topological polar surface area (TPSA) is 74.5 Å². The van der Waals surface area contributed by atoms with Crippen molar-refractivity contribution in [3.8, 4) is 0 Å². The van der Waals surface area contributed by atoms with Gasteiger partial charge in [0, 0.05) is 19.2 Å². The molecule has 1 aromatic carbocycles. The number of carbonyl (C=O) groups is 1. The number of hydrogen-bond acceptors (Lipinski definition) is 5. The highest BCUT2D eigenvalue weighted by atomic mass is 32.1. The maximum atomic E-state index is 13.1. The van der Waals surface area contributed by atoms with Crippen LogP contribution in [0.4, 0.5) is 5.13 Å². The normalized spacial score (nSPS) is 20.6. The number of carbonyl (C=O) groups excluding carboxylic acids is 1. The van der Waals surface area contributed by atoms with Gasteiger partial charge in [-0.1, -0.05) is 43.2 Å². The maximum absolute atomic E-state index is 13.1. The SMILES string of the molecule is CCCC1=NN(c2nc3ccccc3s2)C(=O)[C@@H]1C=NCCC[NH2+]C1CCCCC1. The highest BCUT2D eigenvalue weighted by Crippen LogP contribution is 2.32. The summed E-state index contributed by atoms with van der Waals surface area (Å²) in [5.74, 6) is -0.380. The molecule has 6 nitrogen and oxygen atoms in total. The van der Waals surface area contributed by atoms with Crippen LogP contribution in [0.25, 0.3) is 10.2 Å². The fourth-order valence-corrected chi connectivity index (χ4v) is 5.22. The van der Waals surface area contributed by atoms with Crippen molar-refractivity contribution < 1.29 is 10.1 Å². The summed E-state index contributed by atoms with van der Waals surface area (Å²) in [7, 11) is 0. The van der Waals surface area contributed by atoms with Crippen molar-refractivity contribution >= 4 is 44.5 Å². The molecule has 30 heavy (non-hydrogen) atoms. The molecule has 0 bridgehead atoms. The van der Waals surface area contributed by atoms with Crippen LogP contribution in [0.1, 0.15) is 58.3 Å². The van der Waals surface area contributed by atoms with Crippen LogP contribution in [0.2, 0.25) is 0 Å². The number of thiazole rings is 1. The molecule has 2 aliphatic rings. The summed E-state index contributed by atoms with van der Waals surface area (Å²) in [6.07, 6.45) is 11.5. The lowest BCUT2D eigenvalue weighted by molar-refractivity contribution is -0.691. The number of benzene rings is 1. The summed E-state index contributed by atoms with van der Waals surface area (Å²) in [5, 5.41) is 9.26. The lowest BCUT2D eigenvalue weighted by Gasteiger charge is -2.19. The van der Waals surface area contributed by atoms with E-state index in [-0.39, 0.29) is 11.8 Å². The molecule has 2 heterocycles. The molecule has 2 aromatic rings. The van der Waals surface area contributed by atoms with Gasteiger partial charge in [-0.15, -0.1) is 0 Å². The Kier molecular flexibility index (Phi) is 7.23. The smallest absolute Gasteiger partial charge is 0.263 e. The molecule has 0 saturated heterocycles. The van der Waals surface area contributed by atoms with Crippen molar-refractivity contribution in [2.75, 3.05) is 18.1 Å². The van der Waals surface area contributed by atoms with E-state index >= 15 is 0 Å². The van der Waals surface area contributed by atoms with Gasteiger partial charge in [-0.3, -0.25) is 9.79 Å². The molecule has 1 amide bonds. The molecule has 160 valence electrons. The molecule has 7 heteroatoms. The third kappa shape index (κ3) is 4.95. The van der Waals surface area contributed by atoms with Crippen molar-refractivity contribution in [1.29, 1.82) is 0 Å². The molecule has 1 aliphatic carbocycles. The second-order valence-corrected chi connectivity index (χ2v) is 9.27. The lowest BCUT2D eigenvalue weighted by Crippen LogP contribution is -2.90. The average Bonchev–Trinajstić information content (AvgIpc) is 3.33. The van der Waals surface area contributed by atoms with Gasteiger partial charge in [0.25, 0.3) is 5.91 Å². The van der Waals surface area contributed by atoms with E-state index in [1.807, 2.05) is 30.5 Å². The number of nitrogens with zero attached hydrogens (tertiary/aromatic N) is 4. The zero-order chi connectivity index (χ0) is 20.8. The van der Waals surface area contributed by atoms with E-state index < -0.39 is 0 Å². The Morgan fingerprint density at radius 2 is 2.10 bits per heavy atom. The molecule has 2 N–H and O–H groups in total. The van der Waals surface area contributed by atoms with E-state index in [4.69, 9.17) is 0 Å². The Labute approximate surface area is 182 Å². The molecule has 0 unspecified atom stereocenters. The second-order valence-electron chi connectivity index (χ2n) is 8.26. The predicted octanol–water partition coefficient (Wildman–Crippen LogP) is 3.77. The summed E-state index contributed by atoms with van der Waals surface area (Å²) in [5.41, 5.74) is 1.81. The monoisotopic (exact) mass is 426 g/mol. The summed E-state index contributed by atoms with van der Waals surface area (Å²) in [6.45, 7) is 4.00. The van der Waals surface area contributed by atoms with E-state index in [1.165, 1.54) is 48.4 Å². The Balaban J connectivity index is 1.34. The van der Waals surface area contributed by atoms with Gasteiger partial charge in [0.15, 0.2) is 0 Å². The lowest BCUT2D eigenvalue weighted by atomic mass is 9.95. The number of rotatable bonds is 9. The van der Waals surface area contributed by atoms with Crippen LogP contribution in [-0.4, -0.2) is 41.9 Å². The van der Waals surface area contributed by atoms with Gasteiger partial charge in [-0.05, 0) is 44.2 Å². The molecule has 1 fully saturated rings. The van der Waals surface area contributed by atoms with Crippen molar-refractivity contribution in [2.24, 2.45) is 16.0 Å². The first-order valence-electron chi connectivity index (χ1n) is 11.4. The van der Waals surface area contributed by atoms with Crippen LogP contribution in [0.15, 0.2) is 34.4 Å². The zero-order valence-electron chi connectivity index (χ0n) is 17.8. The van der Waals surface area contributed by atoms with Crippen LogP contribution in [0, 0.1) is 5.92 Å². The minimum absolute atomic E-state index is 0.0324. The maximum Gasteiger partial charge on any atom is 0.263 e. The van der Waals surface area contributed by atoms with Crippen LogP contribution < -0.4 is 10.3 Å².